The first-order valence-electron chi connectivity index (χ1n) is 8.46. The van der Waals surface area contributed by atoms with Gasteiger partial charge in [0.15, 0.2) is 0 Å². The smallest absolute Gasteiger partial charge is 0.00697 e. The van der Waals surface area contributed by atoms with E-state index in [-0.39, 0.29) is 0 Å². The van der Waals surface area contributed by atoms with Gasteiger partial charge in [0.2, 0.25) is 0 Å². The average molecular weight is 249 g/mol. The van der Waals surface area contributed by atoms with Crippen LogP contribution in [-0.4, -0.2) is 12.6 Å². The number of hydrogen-bond acceptors (Lipinski definition) is 1. The molecule has 0 saturated heterocycles. The summed E-state index contributed by atoms with van der Waals surface area (Å²) in [5, 5.41) is 3.79. The van der Waals surface area contributed by atoms with Gasteiger partial charge in [-0.15, -0.1) is 0 Å². The second kappa shape index (κ2) is 5.15. The molecule has 0 heterocycles. The summed E-state index contributed by atoms with van der Waals surface area (Å²) in [4.78, 5) is 0. The highest BCUT2D eigenvalue weighted by atomic mass is 14.9. The van der Waals surface area contributed by atoms with Gasteiger partial charge in [0.1, 0.15) is 0 Å². The summed E-state index contributed by atoms with van der Waals surface area (Å²) in [7, 11) is 0. The summed E-state index contributed by atoms with van der Waals surface area (Å²) in [6.45, 7) is 5.86. The van der Waals surface area contributed by atoms with E-state index in [0.717, 1.165) is 29.2 Å². The zero-order chi connectivity index (χ0) is 12.6. The van der Waals surface area contributed by atoms with Crippen molar-refractivity contribution in [3.8, 4) is 0 Å². The van der Waals surface area contributed by atoms with Crippen molar-refractivity contribution in [3.05, 3.63) is 0 Å². The van der Waals surface area contributed by atoms with E-state index < -0.39 is 0 Å². The first-order valence-corrected chi connectivity index (χ1v) is 8.46. The fraction of sp³-hybridized carbons (Fsp3) is 1.00. The zero-order valence-corrected chi connectivity index (χ0v) is 12.4. The summed E-state index contributed by atoms with van der Waals surface area (Å²) < 4.78 is 0. The van der Waals surface area contributed by atoms with Crippen LogP contribution in [0.3, 0.4) is 0 Å². The molecule has 4 aliphatic rings. The van der Waals surface area contributed by atoms with Crippen LogP contribution in [-0.2, 0) is 0 Å². The van der Waals surface area contributed by atoms with Crippen LogP contribution < -0.4 is 5.32 Å². The van der Waals surface area contributed by atoms with Crippen LogP contribution in [0.1, 0.15) is 71.6 Å². The Morgan fingerprint density at radius 2 is 1.56 bits per heavy atom. The molecular formula is C17H31N. The lowest BCUT2D eigenvalue weighted by atomic mass is 9.48. The summed E-state index contributed by atoms with van der Waals surface area (Å²) in [5.41, 5.74) is 0.760. The molecule has 0 radical (unpaired) electrons. The monoisotopic (exact) mass is 249 g/mol. The molecule has 1 unspecified atom stereocenters. The molecule has 0 aliphatic heterocycles. The number of nitrogens with one attached hydrogen (secondary N) is 1. The van der Waals surface area contributed by atoms with Crippen molar-refractivity contribution in [2.75, 3.05) is 6.54 Å². The third kappa shape index (κ3) is 2.48. The van der Waals surface area contributed by atoms with Crippen LogP contribution in [0, 0.1) is 23.2 Å². The molecule has 0 spiro atoms. The fourth-order valence-electron chi connectivity index (χ4n) is 5.77. The summed E-state index contributed by atoms with van der Waals surface area (Å²) in [6, 6.07) is 0.793. The average Bonchev–Trinajstić information content (AvgIpc) is 2.32. The minimum absolute atomic E-state index is 0.760. The maximum absolute atomic E-state index is 3.79. The van der Waals surface area contributed by atoms with E-state index in [0.29, 0.717) is 0 Å². The van der Waals surface area contributed by atoms with Crippen LogP contribution in [0.15, 0.2) is 0 Å². The van der Waals surface area contributed by atoms with Crippen molar-refractivity contribution in [2.45, 2.75) is 77.7 Å². The summed E-state index contributed by atoms with van der Waals surface area (Å²) in [6.07, 6.45) is 13.5. The van der Waals surface area contributed by atoms with E-state index in [4.69, 9.17) is 0 Å². The molecule has 0 aromatic carbocycles. The minimum Gasteiger partial charge on any atom is -0.314 e. The Labute approximate surface area is 113 Å². The Morgan fingerprint density at radius 3 is 2.00 bits per heavy atom. The number of rotatable bonds is 6. The minimum atomic E-state index is 0.760. The lowest BCUT2D eigenvalue weighted by molar-refractivity contribution is -0.0621. The van der Waals surface area contributed by atoms with Gasteiger partial charge in [-0.1, -0.05) is 13.8 Å². The van der Waals surface area contributed by atoms with Crippen molar-refractivity contribution >= 4 is 0 Å². The van der Waals surface area contributed by atoms with Gasteiger partial charge >= 0.3 is 0 Å². The maximum Gasteiger partial charge on any atom is 0.00697 e. The Balaban J connectivity index is 1.64. The lowest BCUT2D eigenvalue weighted by Gasteiger charge is -2.57. The Morgan fingerprint density at radius 1 is 1.00 bits per heavy atom. The third-order valence-electron chi connectivity index (χ3n) is 6.02. The normalized spacial score (nSPS) is 43.3. The number of hydrogen-bond donors (Lipinski definition) is 1. The fourth-order valence-corrected chi connectivity index (χ4v) is 5.77. The zero-order valence-electron chi connectivity index (χ0n) is 12.4. The molecule has 1 nitrogen and oxygen atoms in total. The van der Waals surface area contributed by atoms with Gasteiger partial charge in [0.05, 0.1) is 0 Å². The van der Waals surface area contributed by atoms with Crippen molar-refractivity contribution in [2.24, 2.45) is 23.2 Å². The van der Waals surface area contributed by atoms with Gasteiger partial charge in [0, 0.05) is 6.04 Å². The highest BCUT2D eigenvalue weighted by molar-refractivity contribution is 5.02. The standard InChI is InChI=1S/C17H31N/c1-3-5-18-16(4-2)12-17-9-13-6-14(10-17)8-15(7-13)11-17/h13-16,18H,3-12H2,1-2H3. The van der Waals surface area contributed by atoms with Gasteiger partial charge < -0.3 is 5.32 Å². The molecule has 4 rings (SSSR count). The van der Waals surface area contributed by atoms with Crippen LogP contribution in [0.5, 0.6) is 0 Å². The highest BCUT2D eigenvalue weighted by Crippen LogP contribution is 2.61. The second-order valence-corrected chi connectivity index (χ2v) is 7.68. The van der Waals surface area contributed by atoms with E-state index in [1.54, 1.807) is 38.5 Å². The first kappa shape index (κ1) is 13.0. The van der Waals surface area contributed by atoms with Crippen molar-refractivity contribution in [1.29, 1.82) is 0 Å². The molecule has 4 fully saturated rings. The van der Waals surface area contributed by atoms with Crippen LogP contribution >= 0.6 is 0 Å². The van der Waals surface area contributed by atoms with Gasteiger partial charge in [-0.2, -0.15) is 0 Å². The molecule has 104 valence electrons. The van der Waals surface area contributed by atoms with E-state index in [9.17, 15) is 0 Å². The molecule has 1 atom stereocenters. The summed E-state index contributed by atoms with van der Waals surface area (Å²) in [5.74, 6) is 3.33. The topological polar surface area (TPSA) is 12.0 Å². The van der Waals surface area contributed by atoms with Gasteiger partial charge in [-0.25, -0.2) is 0 Å². The Hall–Kier alpha value is -0.0400. The van der Waals surface area contributed by atoms with Crippen molar-refractivity contribution in [1.82, 2.24) is 5.32 Å². The molecule has 4 saturated carbocycles. The molecule has 0 aromatic rings. The molecular weight excluding hydrogens is 218 g/mol. The van der Waals surface area contributed by atoms with Gasteiger partial charge in [0.25, 0.3) is 0 Å². The lowest BCUT2D eigenvalue weighted by Crippen LogP contribution is -2.48. The van der Waals surface area contributed by atoms with E-state index in [2.05, 4.69) is 19.2 Å². The molecule has 1 heteroatoms. The maximum atomic E-state index is 3.79. The Kier molecular flexibility index (Phi) is 3.71. The van der Waals surface area contributed by atoms with Crippen LogP contribution in [0.2, 0.25) is 0 Å². The quantitative estimate of drug-likeness (QED) is 0.737. The Bertz CT molecular complexity index is 248. The van der Waals surface area contributed by atoms with Crippen LogP contribution in [0.25, 0.3) is 0 Å². The SMILES string of the molecule is CCCNC(CC)CC12CC3CC(CC(C3)C1)C2. The molecule has 18 heavy (non-hydrogen) atoms. The van der Waals surface area contributed by atoms with E-state index >= 15 is 0 Å². The molecule has 1 N–H and O–H groups in total. The molecule has 4 aliphatic carbocycles. The first-order chi connectivity index (χ1) is 8.73. The summed E-state index contributed by atoms with van der Waals surface area (Å²) >= 11 is 0. The van der Waals surface area contributed by atoms with Gasteiger partial charge in [-0.05, 0) is 87.5 Å². The molecule has 0 amide bonds. The highest BCUT2D eigenvalue weighted by Gasteiger charge is 2.50. The van der Waals surface area contributed by atoms with Crippen LogP contribution in [0.4, 0.5) is 0 Å². The largest absolute Gasteiger partial charge is 0.314 e. The van der Waals surface area contributed by atoms with Crippen molar-refractivity contribution < 1.29 is 0 Å². The van der Waals surface area contributed by atoms with E-state index in [1.807, 2.05) is 0 Å². The van der Waals surface area contributed by atoms with Crippen molar-refractivity contribution in [3.63, 3.8) is 0 Å². The predicted octanol–water partition coefficient (Wildman–Crippen LogP) is 4.37. The van der Waals surface area contributed by atoms with E-state index in [1.165, 1.54) is 25.8 Å². The van der Waals surface area contributed by atoms with Gasteiger partial charge in [-0.3, -0.25) is 0 Å². The second-order valence-electron chi connectivity index (χ2n) is 7.68. The predicted molar refractivity (Wildman–Crippen MR) is 77.6 cm³/mol. The third-order valence-corrected chi connectivity index (χ3v) is 6.02. The molecule has 4 bridgehead atoms. The molecule has 0 aromatic heterocycles.